The third-order valence-electron chi connectivity index (χ3n) is 3.41. The highest BCUT2D eigenvalue weighted by molar-refractivity contribution is 5.55. The van der Waals surface area contributed by atoms with E-state index in [2.05, 4.69) is 9.97 Å². The molecule has 0 aliphatic heterocycles. The van der Waals surface area contributed by atoms with E-state index in [1.165, 1.54) is 4.57 Å². The van der Waals surface area contributed by atoms with Crippen molar-refractivity contribution < 1.29 is 4.42 Å². The Hall–Kier alpha value is -2.69. The lowest BCUT2D eigenvalue weighted by atomic mass is 10.1. The molecule has 0 fully saturated rings. The molecule has 2 heterocycles. The zero-order valence-corrected chi connectivity index (χ0v) is 12.6. The molecule has 0 N–H and O–H groups in total. The first-order valence-electron chi connectivity index (χ1n) is 7.20. The molecule has 112 valence electrons. The minimum Gasteiger partial charge on any atom is -0.439 e. The van der Waals surface area contributed by atoms with E-state index in [9.17, 15) is 4.79 Å². The van der Waals surface area contributed by atoms with Crippen molar-refractivity contribution in [3.63, 3.8) is 0 Å². The van der Waals surface area contributed by atoms with Gasteiger partial charge in [-0.3, -0.25) is 9.36 Å². The maximum Gasteiger partial charge on any atom is 0.254 e. The summed E-state index contributed by atoms with van der Waals surface area (Å²) in [6.07, 6.45) is 3.22. The van der Waals surface area contributed by atoms with Gasteiger partial charge >= 0.3 is 0 Å². The second-order valence-corrected chi connectivity index (χ2v) is 5.42. The van der Waals surface area contributed by atoms with Gasteiger partial charge in [0.15, 0.2) is 5.76 Å². The van der Waals surface area contributed by atoms with E-state index in [-0.39, 0.29) is 18.0 Å². The minimum atomic E-state index is -0.0989. The second-order valence-electron chi connectivity index (χ2n) is 5.42. The van der Waals surface area contributed by atoms with E-state index < -0.39 is 0 Å². The van der Waals surface area contributed by atoms with Crippen molar-refractivity contribution in [1.82, 2.24) is 14.5 Å². The molecule has 0 atom stereocenters. The maximum absolute atomic E-state index is 12.1. The van der Waals surface area contributed by atoms with E-state index in [0.717, 1.165) is 11.3 Å². The number of oxazole rings is 1. The van der Waals surface area contributed by atoms with Crippen molar-refractivity contribution >= 4 is 0 Å². The molecule has 0 spiro atoms. The van der Waals surface area contributed by atoms with Crippen LogP contribution in [0.3, 0.4) is 0 Å². The van der Waals surface area contributed by atoms with Gasteiger partial charge in [-0.2, -0.15) is 0 Å². The molecule has 0 aliphatic rings. The number of benzene rings is 1. The van der Waals surface area contributed by atoms with Crippen LogP contribution in [-0.2, 0) is 6.54 Å². The Balaban J connectivity index is 1.83. The number of hydrogen-bond acceptors (Lipinski definition) is 4. The van der Waals surface area contributed by atoms with Gasteiger partial charge in [0.2, 0.25) is 5.89 Å². The zero-order valence-electron chi connectivity index (χ0n) is 12.6. The molecule has 1 aromatic carbocycles. The van der Waals surface area contributed by atoms with Crippen molar-refractivity contribution in [3.05, 3.63) is 70.9 Å². The lowest BCUT2D eigenvalue weighted by Gasteiger charge is -2.06. The summed E-state index contributed by atoms with van der Waals surface area (Å²) in [6.45, 7) is 4.29. The van der Waals surface area contributed by atoms with Crippen LogP contribution in [-0.4, -0.2) is 14.5 Å². The van der Waals surface area contributed by atoms with Gasteiger partial charge in [0, 0.05) is 11.6 Å². The van der Waals surface area contributed by atoms with Gasteiger partial charge in [0.1, 0.15) is 6.54 Å². The molecule has 0 saturated carbocycles. The van der Waals surface area contributed by atoms with Gasteiger partial charge < -0.3 is 4.42 Å². The van der Waals surface area contributed by atoms with Crippen LogP contribution in [0.2, 0.25) is 0 Å². The predicted octanol–water partition coefficient (Wildman–Crippen LogP) is 3.07. The molecule has 2 aromatic heterocycles. The van der Waals surface area contributed by atoms with Gasteiger partial charge in [-0.15, -0.1) is 0 Å². The van der Waals surface area contributed by atoms with Gasteiger partial charge in [0.05, 0.1) is 18.2 Å². The van der Waals surface area contributed by atoms with E-state index >= 15 is 0 Å². The minimum absolute atomic E-state index is 0.0989. The Bertz CT molecular complexity index is 819. The Kier molecular flexibility index (Phi) is 3.87. The van der Waals surface area contributed by atoms with Crippen molar-refractivity contribution in [2.45, 2.75) is 26.3 Å². The van der Waals surface area contributed by atoms with Crippen LogP contribution in [0.25, 0.3) is 11.3 Å². The molecule has 0 unspecified atom stereocenters. The summed E-state index contributed by atoms with van der Waals surface area (Å²) >= 11 is 0. The summed E-state index contributed by atoms with van der Waals surface area (Å²) in [4.78, 5) is 20.6. The highest BCUT2D eigenvalue weighted by Crippen LogP contribution is 2.19. The number of rotatable bonds is 4. The molecular formula is C17H17N3O2. The van der Waals surface area contributed by atoms with Crippen molar-refractivity contribution in [2.75, 3.05) is 0 Å². The SMILES string of the molecule is CC(C)c1cc(=O)n(Cc2ncc(-c3ccccc3)o2)cn1. The van der Waals surface area contributed by atoms with Crippen LogP contribution in [0.15, 0.2) is 58.1 Å². The molecule has 0 radical (unpaired) electrons. The largest absolute Gasteiger partial charge is 0.439 e. The fraction of sp³-hybridized carbons (Fsp3) is 0.235. The van der Waals surface area contributed by atoms with Crippen LogP contribution in [0.5, 0.6) is 0 Å². The highest BCUT2D eigenvalue weighted by Gasteiger charge is 2.09. The molecule has 3 aromatic rings. The van der Waals surface area contributed by atoms with Crippen LogP contribution in [0.4, 0.5) is 0 Å². The Labute approximate surface area is 128 Å². The second kappa shape index (κ2) is 5.97. The fourth-order valence-corrected chi connectivity index (χ4v) is 2.14. The van der Waals surface area contributed by atoms with E-state index in [1.807, 2.05) is 44.2 Å². The molecule has 22 heavy (non-hydrogen) atoms. The fourth-order valence-electron chi connectivity index (χ4n) is 2.14. The third kappa shape index (κ3) is 2.98. The average Bonchev–Trinajstić information content (AvgIpc) is 2.98. The zero-order chi connectivity index (χ0) is 15.5. The van der Waals surface area contributed by atoms with Crippen molar-refractivity contribution in [1.29, 1.82) is 0 Å². The topological polar surface area (TPSA) is 60.9 Å². The first-order valence-corrected chi connectivity index (χ1v) is 7.20. The quantitative estimate of drug-likeness (QED) is 0.742. The van der Waals surface area contributed by atoms with E-state index in [1.54, 1.807) is 18.6 Å². The summed E-state index contributed by atoms with van der Waals surface area (Å²) in [7, 11) is 0. The monoisotopic (exact) mass is 295 g/mol. The molecule has 0 bridgehead atoms. The molecule has 0 amide bonds. The summed E-state index contributed by atoms with van der Waals surface area (Å²) < 4.78 is 7.20. The Morgan fingerprint density at radius 1 is 1.18 bits per heavy atom. The number of hydrogen-bond donors (Lipinski definition) is 0. The summed E-state index contributed by atoms with van der Waals surface area (Å²) in [5.41, 5.74) is 1.65. The highest BCUT2D eigenvalue weighted by atomic mass is 16.4. The number of aromatic nitrogens is 3. The van der Waals surface area contributed by atoms with Gasteiger partial charge in [-0.05, 0) is 5.92 Å². The third-order valence-corrected chi connectivity index (χ3v) is 3.41. The van der Waals surface area contributed by atoms with Crippen molar-refractivity contribution in [2.24, 2.45) is 0 Å². The normalized spacial score (nSPS) is 11.0. The number of nitrogens with zero attached hydrogens (tertiary/aromatic N) is 3. The molecule has 0 aliphatic carbocycles. The van der Waals surface area contributed by atoms with Gasteiger partial charge in [0.25, 0.3) is 5.56 Å². The van der Waals surface area contributed by atoms with Crippen LogP contribution >= 0.6 is 0 Å². The smallest absolute Gasteiger partial charge is 0.254 e. The molecule has 5 heteroatoms. The van der Waals surface area contributed by atoms with Crippen LogP contribution < -0.4 is 5.56 Å². The van der Waals surface area contributed by atoms with E-state index in [0.29, 0.717) is 11.7 Å². The Morgan fingerprint density at radius 3 is 2.64 bits per heavy atom. The lowest BCUT2D eigenvalue weighted by molar-refractivity contribution is 0.482. The average molecular weight is 295 g/mol. The first-order chi connectivity index (χ1) is 10.6. The van der Waals surface area contributed by atoms with Crippen molar-refractivity contribution in [3.8, 4) is 11.3 Å². The first kappa shape index (κ1) is 14.3. The van der Waals surface area contributed by atoms with E-state index in [4.69, 9.17) is 4.42 Å². The summed E-state index contributed by atoms with van der Waals surface area (Å²) in [5, 5.41) is 0. The van der Waals surface area contributed by atoms with Gasteiger partial charge in [-0.1, -0.05) is 44.2 Å². The molecule has 5 nitrogen and oxygen atoms in total. The molecule has 3 rings (SSSR count). The molecule has 0 saturated heterocycles. The molecular weight excluding hydrogens is 278 g/mol. The predicted molar refractivity (Wildman–Crippen MR) is 83.6 cm³/mol. The summed E-state index contributed by atoms with van der Waals surface area (Å²) in [5.74, 6) is 1.41. The Morgan fingerprint density at radius 2 is 1.95 bits per heavy atom. The van der Waals surface area contributed by atoms with Gasteiger partial charge in [-0.25, -0.2) is 9.97 Å². The lowest BCUT2D eigenvalue weighted by Crippen LogP contribution is -2.21. The van der Waals surface area contributed by atoms with Crippen LogP contribution in [0, 0.1) is 0 Å². The standard InChI is InChI=1S/C17H17N3O2/c1-12(2)14-8-17(21)20(11-19-14)10-16-18-9-15(22-16)13-6-4-3-5-7-13/h3-9,11-12H,10H2,1-2H3. The maximum atomic E-state index is 12.1. The van der Waals surface area contributed by atoms with Crippen LogP contribution in [0.1, 0.15) is 31.4 Å². The summed E-state index contributed by atoms with van der Waals surface area (Å²) in [6, 6.07) is 11.3.